The van der Waals surface area contributed by atoms with E-state index in [-0.39, 0.29) is 11.1 Å². The summed E-state index contributed by atoms with van der Waals surface area (Å²) in [6.45, 7) is 1.27. The Morgan fingerprint density at radius 1 is 1.46 bits per heavy atom. The van der Waals surface area contributed by atoms with Gasteiger partial charge in [-0.25, -0.2) is 4.79 Å². The van der Waals surface area contributed by atoms with Crippen molar-refractivity contribution in [2.45, 2.75) is 6.92 Å². The van der Waals surface area contributed by atoms with E-state index in [9.17, 15) is 9.90 Å². The van der Waals surface area contributed by atoms with Crippen molar-refractivity contribution in [1.82, 2.24) is 0 Å². The summed E-state index contributed by atoms with van der Waals surface area (Å²) >= 11 is 0. The Bertz CT molecular complexity index is 369. The molecule has 0 saturated carbocycles. The first kappa shape index (κ1) is 9.18. The van der Waals surface area contributed by atoms with E-state index in [4.69, 9.17) is 15.3 Å². The molecule has 0 saturated heterocycles. The summed E-state index contributed by atoms with van der Waals surface area (Å²) in [5.74, 6) is -3.71. The van der Waals surface area contributed by atoms with Crippen LogP contribution in [0.15, 0.2) is 6.07 Å². The monoisotopic (exact) mass is 183 g/mol. The smallest absolute Gasteiger partial charge is 0.336 e. The Morgan fingerprint density at radius 2 is 2.00 bits per heavy atom. The van der Waals surface area contributed by atoms with E-state index in [1.54, 1.807) is 0 Å². The van der Waals surface area contributed by atoms with Crippen molar-refractivity contribution < 1.29 is 25.2 Å². The van der Waals surface area contributed by atoms with Gasteiger partial charge in [-0.2, -0.15) is 0 Å². The molecule has 5 heteroatoms. The fraction of sp³-hybridized carbons (Fsp3) is 0.125. The Balaban J connectivity index is 3.50. The molecule has 0 fully saturated rings. The lowest BCUT2D eigenvalue weighted by molar-refractivity contribution is -0.271. The first-order valence-electron chi connectivity index (χ1n) is 3.41. The molecule has 0 atom stereocenters. The quantitative estimate of drug-likeness (QED) is 0.539. The maximum atomic E-state index is 11.0. The third kappa shape index (κ3) is 1.35. The van der Waals surface area contributed by atoms with Crippen molar-refractivity contribution in [3.05, 3.63) is 17.2 Å². The largest absolute Gasteiger partial charge is 0.870 e. The van der Waals surface area contributed by atoms with Gasteiger partial charge in [-0.3, -0.25) is 0 Å². The maximum Gasteiger partial charge on any atom is 0.336 e. The number of carbonyl (C=O) groups is 1. The Kier molecular flexibility index (Phi) is 2.02. The molecule has 0 heterocycles. The van der Waals surface area contributed by atoms with Gasteiger partial charge in [-0.05, 0) is 18.6 Å². The molecule has 0 aliphatic rings. The van der Waals surface area contributed by atoms with Gasteiger partial charge in [0.15, 0.2) is 5.75 Å². The van der Waals surface area contributed by atoms with E-state index in [1.807, 2.05) is 0 Å². The highest BCUT2D eigenvalue weighted by molar-refractivity contribution is 5.91. The van der Waals surface area contributed by atoms with Gasteiger partial charge in [-0.15, -0.1) is 0 Å². The first-order valence-corrected chi connectivity index (χ1v) is 3.41. The third-order valence-corrected chi connectivity index (χ3v) is 1.71. The Hall–Kier alpha value is -1.91. The van der Waals surface area contributed by atoms with Gasteiger partial charge in [0.2, 0.25) is 0 Å². The second-order valence-corrected chi connectivity index (χ2v) is 2.55. The number of carboxylic acid groups (broad SMARTS) is 1. The van der Waals surface area contributed by atoms with Gasteiger partial charge >= 0.3 is 5.97 Å². The number of phenols is 2. The summed E-state index contributed by atoms with van der Waals surface area (Å²) in [5.41, 5.74) is -0.400. The Labute approximate surface area is 73.5 Å². The number of hydrogen-bond donors (Lipinski definition) is 3. The van der Waals surface area contributed by atoms with Crippen LogP contribution in [0.4, 0.5) is 0 Å². The predicted molar refractivity (Wildman–Crippen MR) is 40.9 cm³/mol. The van der Waals surface area contributed by atoms with Gasteiger partial charge < -0.3 is 20.4 Å². The van der Waals surface area contributed by atoms with Gasteiger partial charge in [0.1, 0.15) is 5.75 Å². The fourth-order valence-electron chi connectivity index (χ4n) is 0.952. The van der Waals surface area contributed by atoms with Crippen LogP contribution < -0.4 is 5.11 Å². The lowest BCUT2D eigenvalue weighted by Gasteiger charge is -2.15. The molecule has 3 N–H and O–H groups in total. The highest BCUT2D eigenvalue weighted by Crippen LogP contribution is 2.36. The average Bonchev–Trinajstić information content (AvgIpc) is 2.07. The molecule has 0 aliphatic heterocycles. The molecule has 5 nitrogen and oxygen atoms in total. The minimum absolute atomic E-state index is 0.0946. The number of aromatic carboxylic acids is 1. The third-order valence-electron chi connectivity index (χ3n) is 1.71. The zero-order chi connectivity index (χ0) is 10.2. The van der Waals surface area contributed by atoms with Crippen LogP contribution in [-0.2, 0) is 0 Å². The van der Waals surface area contributed by atoms with Crippen molar-refractivity contribution in [1.29, 1.82) is 0 Å². The van der Waals surface area contributed by atoms with Crippen LogP contribution >= 0.6 is 0 Å². The maximum absolute atomic E-state index is 11.0. The molecular formula is C8H7O5-. The van der Waals surface area contributed by atoms with Crippen LogP contribution in [0.1, 0.15) is 15.9 Å². The molecule has 1 aromatic carbocycles. The number of hydrogen-bond acceptors (Lipinski definition) is 4. The van der Waals surface area contributed by atoms with E-state index in [0.29, 0.717) is 0 Å². The molecule has 0 amide bonds. The standard InChI is InChI=1S/C8H8O5/c1-3-4(8(12)13)2-5(9)7(11)6(3)10/h2,9-11H,1H3,(H,12,13)/p-1. The normalized spacial score (nSPS) is 9.92. The summed E-state index contributed by atoms with van der Waals surface area (Å²) in [6.07, 6.45) is 0. The SMILES string of the molecule is Cc1c(C(=O)O)cc(O)c(O)c1[O-]. The Morgan fingerprint density at radius 3 is 2.46 bits per heavy atom. The minimum atomic E-state index is -1.31. The lowest BCUT2D eigenvalue weighted by Crippen LogP contribution is -2.04. The molecule has 0 unspecified atom stereocenters. The van der Waals surface area contributed by atoms with Crippen molar-refractivity contribution >= 4 is 5.97 Å². The van der Waals surface area contributed by atoms with E-state index in [0.717, 1.165) is 6.07 Å². The summed E-state index contributed by atoms with van der Waals surface area (Å²) in [6, 6.07) is 0.842. The average molecular weight is 183 g/mol. The number of benzene rings is 1. The van der Waals surface area contributed by atoms with Crippen LogP contribution in [0.2, 0.25) is 0 Å². The molecule has 1 rings (SSSR count). The van der Waals surface area contributed by atoms with Crippen LogP contribution in [0.3, 0.4) is 0 Å². The number of aromatic hydroxyl groups is 2. The van der Waals surface area contributed by atoms with E-state index in [1.165, 1.54) is 6.92 Å². The second-order valence-electron chi connectivity index (χ2n) is 2.55. The molecule has 13 heavy (non-hydrogen) atoms. The molecule has 70 valence electrons. The topological polar surface area (TPSA) is 101 Å². The van der Waals surface area contributed by atoms with Gasteiger partial charge in [0.05, 0.1) is 5.56 Å². The van der Waals surface area contributed by atoms with Gasteiger partial charge in [0.25, 0.3) is 0 Å². The molecule has 1 aromatic rings. The summed E-state index contributed by atoms with van der Waals surface area (Å²) in [7, 11) is 0. The van der Waals surface area contributed by atoms with E-state index in [2.05, 4.69) is 0 Å². The van der Waals surface area contributed by atoms with Crippen LogP contribution in [0.5, 0.6) is 17.2 Å². The van der Waals surface area contributed by atoms with Crippen LogP contribution in [0, 0.1) is 6.92 Å². The fourth-order valence-corrected chi connectivity index (χ4v) is 0.952. The second kappa shape index (κ2) is 2.85. The number of phenolic OH excluding ortho intramolecular Hbond substituents is 2. The zero-order valence-electron chi connectivity index (χ0n) is 6.74. The summed E-state index contributed by atoms with van der Waals surface area (Å²) in [4.78, 5) is 10.5. The van der Waals surface area contributed by atoms with Crippen LogP contribution in [-0.4, -0.2) is 21.3 Å². The first-order chi connectivity index (χ1) is 5.95. The van der Waals surface area contributed by atoms with Gasteiger partial charge in [0, 0.05) is 0 Å². The van der Waals surface area contributed by atoms with E-state index >= 15 is 0 Å². The zero-order valence-corrected chi connectivity index (χ0v) is 6.74. The molecule has 0 radical (unpaired) electrons. The van der Waals surface area contributed by atoms with Crippen molar-refractivity contribution in [2.75, 3.05) is 0 Å². The molecule has 0 spiro atoms. The van der Waals surface area contributed by atoms with Gasteiger partial charge in [-0.1, -0.05) is 5.75 Å². The minimum Gasteiger partial charge on any atom is -0.870 e. The molecule has 0 aromatic heterocycles. The number of carboxylic acids is 1. The molecular weight excluding hydrogens is 176 g/mol. The predicted octanol–water partition coefficient (Wildman–Crippen LogP) is 0.178. The van der Waals surface area contributed by atoms with Crippen molar-refractivity contribution in [3.8, 4) is 17.2 Å². The van der Waals surface area contributed by atoms with E-state index < -0.39 is 23.2 Å². The van der Waals surface area contributed by atoms with Crippen molar-refractivity contribution in [2.24, 2.45) is 0 Å². The summed E-state index contributed by atoms with van der Waals surface area (Å²) in [5, 5.41) is 37.5. The highest BCUT2D eigenvalue weighted by atomic mass is 16.4. The summed E-state index contributed by atoms with van der Waals surface area (Å²) < 4.78 is 0. The molecule has 0 aliphatic carbocycles. The molecule has 0 bridgehead atoms. The highest BCUT2D eigenvalue weighted by Gasteiger charge is 2.12. The lowest BCUT2D eigenvalue weighted by atomic mass is 10.1. The number of rotatable bonds is 1. The van der Waals surface area contributed by atoms with Crippen molar-refractivity contribution in [3.63, 3.8) is 0 Å². The van der Waals surface area contributed by atoms with Crippen LogP contribution in [0.25, 0.3) is 0 Å².